The van der Waals surface area contributed by atoms with Crippen molar-refractivity contribution in [3.8, 4) is 0 Å². The first-order valence-corrected chi connectivity index (χ1v) is 6.30. The van der Waals surface area contributed by atoms with Crippen LogP contribution in [-0.4, -0.2) is 23.9 Å². The molecular weight excluding hydrogens is 214 g/mol. The molecule has 0 atom stereocenters. The first kappa shape index (κ1) is 12.0. The molecule has 1 fully saturated rings. The lowest BCUT2D eigenvalue weighted by molar-refractivity contribution is -0.127. The van der Waals surface area contributed by atoms with Gasteiger partial charge in [0, 0.05) is 19.2 Å². The van der Waals surface area contributed by atoms with Crippen molar-refractivity contribution in [2.45, 2.75) is 26.2 Å². The molecule has 3 nitrogen and oxygen atoms in total. The number of piperidine rings is 1. The number of hydrogen-bond donors (Lipinski definition) is 0. The van der Waals surface area contributed by atoms with Crippen molar-refractivity contribution < 1.29 is 9.21 Å². The summed E-state index contributed by atoms with van der Waals surface area (Å²) in [7, 11) is 0. The Morgan fingerprint density at radius 3 is 2.88 bits per heavy atom. The van der Waals surface area contributed by atoms with Crippen molar-refractivity contribution in [2.24, 2.45) is 5.92 Å². The Hall–Kier alpha value is -1.51. The maximum absolute atomic E-state index is 11.9. The lowest BCUT2D eigenvalue weighted by atomic mass is 9.94. The highest BCUT2D eigenvalue weighted by Crippen LogP contribution is 2.20. The first-order valence-electron chi connectivity index (χ1n) is 6.30. The molecule has 2 heterocycles. The summed E-state index contributed by atoms with van der Waals surface area (Å²) in [6, 6.07) is 3.66. The fourth-order valence-corrected chi connectivity index (χ4v) is 2.21. The van der Waals surface area contributed by atoms with E-state index in [1.54, 1.807) is 18.4 Å². The van der Waals surface area contributed by atoms with Crippen molar-refractivity contribution in [1.82, 2.24) is 4.90 Å². The zero-order chi connectivity index (χ0) is 12.1. The summed E-state index contributed by atoms with van der Waals surface area (Å²) in [6.45, 7) is 4.00. The molecular formula is C14H19NO2. The molecule has 92 valence electrons. The lowest BCUT2D eigenvalue weighted by Crippen LogP contribution is -2.37. The number of likely N-dealkylation sites (tertiary alicyclic amines) is 1. The number of carbonyl (C=O) groups excluding carboxylic acids is 1. The van der Waals surface area contributed by atoms with Crippen LogP contribution in [-0.2, 0) is 4.79 Å². The largest absolute Gasteiger partial charge is 0.465 e. The van der Waals surface area contributed by atoms with Crippen molar-refractivity contribution in [1.29, 1.82) is 0 Å². The van der Waals surface area contributed by atoms with Crippen LogP contribution in [0.3, 0.4) is 0 Å². The van der Waals surface area contributed by atoms with Crippen molar-refractivity contribution in [3.05, 3.63) is 30.2 Å². The highest BCUT2D eigenvalue weighted by atomic mass is 16.3. The van der Waals surface area contributed by atoms with Gasteiger partial charge < -0.3 is 9.32 Å². The summed E-state index contributed by atoms with van der Waals surface area (Å²) < 4.78 is 5.15. The van der Waals surface area contributed by atoms with E-state index in [4.69, 9.17) is 4.42 Å². The molecule has 1 amide bonds. The van der Waals surface area contributed by atoms with Gasteiger partial charge in [-0.3, -0.25) is 4.79 Å². The number of rotatable bonds is 3. The monoisotopic (exact) mass is 233 g/mol. The normalized spacial score (nSPS) is 17.8. The van der Waals surface area contributed by atoms with Crippen molar-refractivity contribution in [3.63, 3.8) is 0 Å². The summed E-state index contributed by atoms with van der Waals surface area (Å²) in [6.07, 6.45) is 8.44. The minimum absolute atomic E-state index is 0.0935. The third-order valence-electron chi connectivity index (χ3n) is 3.44. The van der Waals surface area contributed by atoms with E-state index < -0.39 is 0 Å². The molecule has 0 saturated carbocycles. The Kier molecular flexibility index (Phi) is 4.02. The van der Waals surface area contributed by atoms with E-state index in [2.05, 4.69) is 6.92 Å². The van der Waals surface area contributed by atoms with Gasteiger partial charge in [0.15, 0.2) is 0 Å². The molecule has 0 radical (unpaired) electrons. The van der Waals surface area contributed by atoms with Crippen LogP contribution < -0.4 is 0 Å². The van der Waals surface area contributed by atoms with Gasteiger partial charge in [0.05, 0.1) is 6.26 Å². The van der Waals surface area contributed by atoms with Crippen LogP contribution in [0, 0.1) is 5.92 Å². The van der Waals surface area contributed by atoms with Crippen LogP contribution in [0.25, 0.3) is 6.08 Å². The molecule has 0 N–H and O–H groups in total. The van der Waals surface area contributed by atoms with Gasteiger partial charge in [0.25, 0.3) is 0 Å². The molecule has 1 saturated heterocycles. The number of nitrogens with zero attached hydrogens (tertiary/aromatic N) is 1. The smallest absolute Gasteiger partial charge is 0.246 e. The molecule has 0 bridgehead atoms. The topological polar surface area (TPSA) is 33.5 Å². The first-order chi connectivity index (χ1) is 8.29. The van der Waals surface area contributed by atoms with E-state index in [-0.39, 0.29) is 5.91 Å². The lowest BCUT2D eigenvalue weighted by Gasteiger charge is -2.30. The molecule has 1 aliphatic rings. The highest BCUT2D eigenvalue weighted by molar-refractivity contribution is 5.91. The van der Waals surface area contributed by atoms with Crippen LogP contribution in [0.1, 0.15) is 31.9 Å². The summed E-state index contributed by atoms with van der Waals surface area (Å²) in [5, 5.41) is 0. The SMILES string of the molecule is CCC1CCN(C(=O)/C=C/c2ccco2)CC1. The van der Waals surface area contributed by atoms with E-state index in [0.717, 1.165) is 37.6 Å². The summed E-state index contributed by atoms with van der Waals surface area (Å²) in [5.41, 5.74) is 0. The number of carbonyl (C=O) groups is 1. The minimum Gasteiger partial charge on any atom is -0.465 e. The second-order valence-electron chi connectivity index (χ2n) is 4.53. The second kappa shape index (κ2) is 5.71. The second-order valence-corrected chi connectivity index (χ2v) is 4.53. The Morgan fingerprint density at radius 2 is 2.29 bits per heavy atom. The molecule has 1 aromatic heterocycles. The predicted molar refractivity (Wildman–Crippen MR) is 67.3 cm³/mol. The number of amides is 1. The van der Waals surface area contributed by atoms with Gasteiger partial charge >= 0.3 is 0 Å². The molecule has 1 aromatic rings. The van der Waals surface area contributed by atoms with Gasteiger partial charge in [-0.05, 0) is 37.0 Å². The van der Waals surface area contributed by atoms with Gasteiger partial charge in [-0.1, -0.05) is 13.3 Å². The van der Waals surface area contributed by atoms with E-state index in [1.165, 1.54) is 6.42 Å². The highest BCUT2D eigenvalue weighted by Gasteiger charge is 2.19. The van der Waals surface area contributed by atoms with Gasteiger partial charge in [-0.15, -0.1) is 0 Å². The molecule has 3 heteroatoms. The van der Waals surface area contributed by atoms with Crippen LogP contribution in [0.15, 0.2) is 28.9 Å². The predicted octanol–water partition coefficient (Wildman–Crippen LogP) is 2.94. The fourth-order valence-electron chi connectivity index (χ4n) is 2.21. The molecule has 0 spiro atoms. The minimum atomic E-state index is 0.0935. The van der Waals surface area contributed by atoms with E-state index >= 15 is 0 Å². The van der Waals surface area contributed by atoms with Gasteiger partial charge in [0.2, 0.25) is 5.91 Å². The maximum Gasteiger partial charge on any atom is 0.246 e. The number of furan rings is 1. The fraction of sp³-hybridized carbons (Fsp3) is 0.500. The zero-order valence-electron chi connectivity index (χ0n) is 10.3. The summed E-state index contributed by atoms with van der Waals surface area (Å²) >= 11 is 0. The van der Waals surface area contributed by atoms with E-state index in [0.29, 0.717) is 0 Å². The van der Waals surface area contributed by atoms with Crippen LogP contribution in [0.4, 0.5) is 0 Å². The van der Waals surface area contributed by atoms with E-state index in [1.807, 2.05) is 17.0 Å². The molecule has 0 aliphatic carbocycles. The Labute approximate surface area is 102 Å². The van der Waals surface area contributed by atoms with E-state index in [9.17, 15) is 4.79 Å². The zero-order valence-corrected chi connectivity index (χ0v) is 10.3. The molecule has 17 heavy (non-hydrogen) atoms. The standard InChI is InChI=1S/C14H19NO2/c1-2-12-7-9-15(10-8-12)14(16)6-5-13-4-3-11-17-13/h3-6,11-12H,2,7-10H2,1H3/b6-5+. The molecule has 1 aliphatic heterocycles. The van der Waals surface area contributed by atoms with Crippen molar-refractivity contribution in [2.75, 3.05) is 13.1 Å². The Balaban J connectivity index is 1.85. The third-order valence-corrected chi connectivity index (χ3v) is 3.44. The quantitative estimate of drug-likeness (QED) is 0.752. The maximum atomic E-state index is 11.9. The molecule has 0 aromatic carbocycles. The number of hydrogen-bond acceptors (Lipinski definition) is 2. The Morgan fingerprint density at radius 1 is 1.53 bits per heavy atom. The van der Waals surface area contributed by atoms with Crippen LogP contribution >= 0.6 is 0 Å². The molecule has 2 rings (SSSR count). The van der Waals surface area contributed by atoms with Crippen LogP contribution in [0.5, 0.6) is 0 Å². The average Bonchev–Trinajstić information content (AvgIpc) is 2.89. The van der Waals surface area contributed by atoms with Gasteiger partial charge in [-0.25, -0.2) is 0 Å². The van der Waals surface area contributed by atoms with Gasteiger partial charge in [0.1, 0.15) is 5.76 Å². The Bertz CT molecular complexity index is 373. The summed E-state index contributed by atoms with van der Waals surface area (Å²) in [4.78, 5) is 13.8. The molecule has 0 unspecified atom stereocenters. The van der Waals surface area contributed by atoms with Gasteiger partial charge in [-0.2, -0.15) is 0 Å². The van der Waals surface area contributed by atoms with Crippen molar-refractivity contribution >= 4 is 12.0 Å². The third kappa shape index (κ3) is 3.22. The van der Waals surface area contributed by atoms with Crippen LogP contribution in [0.2, 0.25) is 0 Å². The summed E-state index contributed by atoms with van der Waals surface area (Å²) in [5.74, 6) is 1.62. The average molecular weight is 233 g/mol.